The maximum atomic E-state index is 13.0. The summed E-state index contributed by atoms with van der Waals surface area (Å²) < 4.78 is 11.2. The Morgan fingerprint density at radius 2 is 1.58 bits per heavy atom. The number of anilines is 1. The Morgan fingerprint density at radius 1 is 0.903 bits per heavy atom. The second kappa shape index (κ2) is 11.0. The molecule has 0 heterocycles. The van der Waals surface area contributed by atoms with Crippen molar-refractivity contribution in [3.63, 3.8) is 0 Å². The molecule has 1 atom stereocenters. The van der Waals surface area contributed by atoms with Gasteiger partial charge in [0, 0.05) is 17.7 Å². The molecule has 0 aromatic heterocycles. The maximum Gasteiger partial charge on any atom is 0.307 e. The van der Waals surface area contributed by atoms with Crippen LogP contribution in [0.4, 0.5) is 5.69 Å². The van der Waals surface area contributed by atoms with Gasteiger partial charge in [0.2, 0.25) is 6.10 Å². The third-order valence-corrected chi connectivity index (χ3v) is 4.78. The Morgan fingerprint density at radius 3 is 2.29 bits per heavy atom. The lowest BCUT2D eigenvalue weighted by molar-refractivity contribution is -0.155. The summed E-state index contributed by atoms with van der Waals surface area (Å²) >= 11 is 0. The number of carbonyl (C=O) groups is 2. The summed E-state index contributed by atoms with van der Waals surface area (Å²) in [5, 5.41) is 2.90. The van der Waals surface area contributed by atoms with Gasteiger partial charge in [0.05, 0.1) is 6.61 Å². The average Bonchev–Trinajstić information content (AvgIpc) is 2.79. The molecule has 0 saturated carbocycles. The van der Waals surface area contributed by atoms with Gasteiger partial charge in [0.15, 0.2) is 0 Å². The summed E-state index contributed by atoms with van der Waals surface area (Å²) in [6, 6.07) is 24.3. The van der Waals surface area contributed by atoms with Crippen LogP contribution in [0.3, 0.4) is 0 Å². The molecule has 0 aliphatic heterocycles. The molecule has 0 spiro atoms. The van der Waals surface area contributed by atoms with Crippen LogP contribution in [-0.2, 0) is 14.3 Å². The molecular weight excluding hydrogens is 390 g/mol. The van der Waals surface area contributed by atoms with Crippen molar-refractivity contribution in [2.75, 3.05) is 11.9 Å². The number of carbonyl (C=O) groups excluding carboxylic acids is 2. The zero-order valence-electron chi connectivity index (χ0n) is 17.8. The van der Waals surface area contributed by atoms with Crippen LogP contribution in [-0.4, -0.2) is 18.5 Å². The van der Waals surface area contributed by atoms with Crippen LogP contribution in [0.15, 0.2) is 78.9 Å². The van der Waals surface area contributed by atoms with Crippen LogP contribution in [0, 0.1) is 13.8 Å². The van der Waals surface area contributed by atoms with Crippen LogP contribution in [0.25, 0.3) is 0 Å². The maximum absolute atomic E-state index is 13.0. The number of ether oxygens (including phenoxy) is 2. The Kier molecular flexibility index (Phi) is 7.82. The van der Waals surface area contributed by atoms with Gasteiger partial charge in [-0.15, -0.1) is 0 Å². The Labute approximate surface area is 183 Å². The highest BCUT2D eigenvalue weighted by atomic mass is 16.5. The van der Waals surface area contributed by atoms with Gasteiger partial charge in [-0.25, -0.2) is 0 Å². The Hall–Kier alpha value is -3.60. The fourth-order valence-corrected chi connectivity index (χ4v) is 3.08. The number of aryl methyl sites for hydroxylation is 2. The molecule has 0 radical (unpaired) electrons. The summed E-state index contributed by atoms with van der Waals surface area (Å²) in [5.41, 5.74) is 3.31. The highest BCUT2D eigenvalue weighted by Gasteiger charge is 2.25. The predicted molar refractivity (Wildman–Crippen MR) is 121 cm³/mol. The molecule has 0 aliphatic rings. The summed E-state index contributed by atoms with van der Waals surface area (Å²) in [6.07, 6.45) is -0.371. The molecule has 1 N–H and O–H groups in total. The van der Waals surface area contributed by atoms with Crippen LogP contribution >= 0.6 is 0 Å². The van der Waals surface area contributed by atoms with Gasteiger partial charge in [-0.3, -0.25) is 9.59 Å². The molecule has 5 nitrogen and oxygen atoms in total. The molecule has 3 rings (SSSR count). The van der Waals surface area contributed by atoms with E-state index in [1.165, 1.54) is 0 Å². The van der Waals surface area contributed by atoms with E-state index in [4.69, 9.17) is 9.47 Å². The summed E-state index contributed by atoms with van der Waals surface area (Å²) in [4.78, 5) is 25.5. The van der Waals surface area contributed by atoms with Crippen molar-refractivity contribution in [1.29, 1.82) is 0 Å². The lowest BCUT2D eigenvalue weighted by Gasteiger charge is -2.19. The van der Waals surface area contributed by atoms with Gasteiger partial charge in [-0.1, -0.05) is 60.7 Å². The number of rotatable bonds is 9. The quantitative estimate of drug-likeness (QED) is 0.375. The van der Waals surface area contributed by atoms with Crippen molar-refractivity contribution < 1.29 is 19.1 Å². The molecule has 31 heavy (non-hydrogen) atoms. The van der Waals surface area contributed by atoms with E-state index < -0.39 is 12.1 Å². The van der Waals surface area contributed by atoms with E-state index >= 15 is 0 Å². The van der Waals surface area contributed by atoms with Crippen LogP contribution in [0.1, 0.15) is 35.6 Å². The SMILES string of the molecule is Cc1ccc(C)c(NC(=O)[C@H](OC(=O)CCCOc2ccccc2)c2ccccc2)c1. The summed E-state index contributed by atoms with van der Waals surface area (Å²) in [5.74, 6) is -0.0682. The second-order valence-electron chi connectivity index (χ2n) is 7.35. The molecule has 160 valence electrons. The molecule has 0 unspecified atom stereocenters. The standard InChI is InChI=1S/C26H27NO4/c1-19-15-16-20(2)23(18-19)27-26(29)25(21-10-5-3-6-11-21)31-24(28)14-9-17-30-22-12-7-4-8-13-22/h3-8,10-13,15-16,18,25H,9,14,17H2,1-2H3,(H,27,29)/t25-/m1/s1. The highest BCUT2D eigenvalue weighted by Crippen LogP contribution is 2.23. The smallest absolute Gasteiger partial charge is 0.307 e. The van der Waals surface area contributed by atoms with E-state index in [2.05, 4.69) is 5.32 Å². The summed E-state index contributed by atoms with van der Waals surface area (Å²) in [7, 11) is 0. The molecule has 3 aromatic carbocycles. The third-order valence-electron chi connectivity index (χ3n) is 4.78. The minimum Gasteiger partial charge on any atom is -0.494 e. The van der Waals surface area contributed by atoms with Crippen molar-refractivity contribution in [3.05, 3.63) is 95.6 Å². The van der Waals surface area contributed by atoms with Crippen LogP contribution in [0.5, 0.6) is 5.75 Å². The lowest BCUT2D eigenvalue weighted by Crippen LogP contribution is -2.26. The van der Waals surface area contributed by atoms with E-state index in [0.29, 0.717) is 24.3 Å². The molecule has 0 saturated heterocycles. The number of amides is 1. The van der Waals surface area contributed by atoms with Crippen molar-refractivity contribution in [2.45, 2.75) is 32.8 Å². The highest BCUT2D eigenvalue weighted by molar-refractivity contribution is 5.96. The minimum absolute atomic E-state index is 0.160. The van der Waals surface area contributed by atoms with Gasteiger partial charge in [-0.2, -0.15) is 0 Å². The minimum atomic E-state index is -1.02. The fourth-order valence-electron chi connectivity index (χ4n) is 3.08. The van der Waals surface area contributed by atoms with Gasteiger partial charge < -0.3 is 14.8 Å². The van der Waals surface area contributed by atoms with E-state index in [1.807, 2.05) is 80.6 Å². The molecule has 5 heteroatoms. The fraction of sp³-hybridized carbons (Fsp3) is 0.231. The van der Waals surface area contributed by atoms with Crippen LogP contribution < -0.4 is 10.1 Å². The van der Waals surface area contributed by atoms with Crippen molar-refractivity contribution in [2.24, 2.45) is 0 Å². The first kappa shape index (κ1) is 22.1. The summed E-state index contributed by atoms with van der Waals surface area (Å²) in [6.45, 7) is 4.27. The first-order valence-electron chi connectivity index (χ1n) is 10.3. The van der Waals surface area contributed by atoms with Crippen LogP contribution in [0.2, 0.25) is 0 Å². The molecule has 0 fully saturated rings. The van der Waals surface area contributed by atoms with Gasteiger partial charge in [-0.05, 0) is 49.6 Å². The average molecular weight is 418 g/mol. The Balaban J connectivity index is 1.61. The lowest BCUT2D eigenvalue weighted by atomic mass is 10.1. The van der Waals surface area contributed by atoms with Crippen molar-refractivity contribution in [3.8, 4) is 5.75 Å². The van der Waals surface area contributed by atoms with Gasteiger partial charge in [0.1, 0.15) is 5.75 Å². The van der Waals surface area contributed by atoms with E-state index in [9.17, 15) is 9.59 Å². The largest absolute Gasteiger partial charge is 0.494 e. The van der Waals surface area contributed by atoms with E-state index in [-0.39, 0.29) is 12.3 Å². The zero-order chi connectivity index (χ0) is 22.1. The molecule has 3 aromatic rings. The van der Waals surface area contributed by atoms with Crippen molar-refractivity contribution in [1.82, 2.24) is 0 Å². The third kappa shape index (κ3) is 6.71. The predicted octanol–water partition coefficient (Wildman–Crippen LogP) is 5.39. The number of benzene rings is 3. The molecule has 0 aliphatic carbocycles. The van der Waals surface area contributed by atoms with Gasteiger partial charge in [0.25, 0.3) is 5.91 Å². The first-order chi connectivity index (χ1) is 15.0. The Bertz CT molecular complexity index is 1000. The van der Waals surface area contributed by atoms with Crippen molar-refractivity contribution >= 4 is 17.6 Å². The number of esters is 1. The van der Waals surface area contributed by atoms with E-state index in [0.717, 1.165) is 16.9 Å². The number of hydrogen-bond donors (Lipinski definition) is 1. The van der Waals surface area contributed by atoms with E-state index in [1.54, 1.807) is 12.1 Å². The molecule has 1 amide bonds. The monoisotopic (exact) mass is 417 g/mol. The first-order valence-corrected chi connectivity index (χ1v) is 10.3. The molecule has 0 bridgehead atoms. The number of hydrogen-bond acceptors (Lipinski definition) is 4. The normalized spacial score (nSPS) is 11.4. The van der Waals surface area contributed by atoms with Gasteiger partial charge >= 0.3 is 5.97 Å². The second-order valence-corrected chi connectivity index (χ2v) is 7.35. The number of para-hydroxylation sites is 1. The zero-order valence-corrected chi connectivity index (χ0v) is 17.8. The molecular formula is C26H27NO4. The number of nitrogens with one attached hydrogen (secondary N) is 1. The topological polar surface area (TPSA) is 64.6 Å².